The van der Waals surface area contributed by atoms with Gasteiger partial charge in [0.1, 0.15) is 11.5 Å². The number of hydrogen-bond donors (Lipinski definition) is 1. The zero-order valence-electron chi connectivity index (χ0n) is 17.9. The summed E-state index contributed by atoms with van der Waals surface area (Å²) in [6, 6.07) is 22.0. The van der Waals surface area contributed by atoms with E-state index in [1.165, 1.54) is 12.1 Å². The molecule has 9 heteroatoms. The van der Waals surface area contributed by atoms with Crippen molar-refractivity contribution >= 4 is 21.8 Å². The van der Waals surface area contributed by atoms with Crippen LogP contribution in [-0.4, -0.2) is 29.8 Å². The first-order chi connectivity index (χ1) is 15.8. The summed E-state index contributed by atoms with van der Waals surface area (Å²) in [6.07, 6.45) is 0. The average Bonchev–Trinajstić information content (AvgIpc) is 3.28. The van der Waals surface area contributed by atoms with Gasteiger partial charge in [-0.05, 0) is 74.5 Å². The lowest BCUT2D eigenvalue weighted by Gasteiger charge is -2.07. The number of carbonyl (C=O) groups excluding carboxylic acids is 1. The second-order valence-corrected chi connectivity index (χ2v) is 9.93. The van der Waals surface area contributed by atoms with E-state index >= 15 is 0 Å². The van der Waals surface area contributed by atoms with Crippen molar-refractivity contribution in [1.82, 2.24) is 10.2 Å². The minimum absolute atomic E-state index is 0.0708. The topological polar surface area (TPSA) is 111 Å². The zero-order valence-corrected chi connectivity index (χ0v) is 18.7. The SMILES string of the molecule is CC(C)S(=O)(=O)c1ccc(-c2nnc(NC(=O)c3ccc(Oc4ccccc4)cc3)o2)cc1. The van der Waals surface area contributed by atoms with Gasteiger partial charge in [-0.25, -0.2) is 8.42 Å². The van der Waals surface area contributed by atoms with E-state index in [9.17, 15) is 13.2 Å². The highest BCUT2D eigenvalue weighted by Gasteiger charge is 2.19. The molecule has 1 N–H and O–H groups in total. The molecule has 0 aliphatic heterocycles. The van der Waals surface area contributed by atoms with Crippen LogP contribution in [-0.2, 0) is 9.84 Å². The van der Waals surface area contributed by atoms with Crippen LogP contribution in [0, 0.1) is 0 Å². The number of benzene rings is 3. The third-order valence-electron chi connectivity index (χ3n) is 4.79. The number of aromatic nitrogens is 2. The highest BCUT2D eigenvalue weighted by Crippen LogP contribution is 2.24. The Morgan fingerprint density at radius 1 is 0.879 bits per heavy atom. The number of nitrogens with zero attached hydrogens (tertiary/aromatic N) is 2. The molecule has 4 rings (SSSR count). The van der Waals surface area contributed by atoms with E-state index in [1.807, 2.05) is 30.3 Å². The fourth-order valence-corrected chi connectivity index (χ4v) is 3.98. The number of para-hydroxylation sites is 1. The van der Waals surface area contributed by atoms with E-state index in [0.29, 0.717) is 22.6 Å². The van der Waals surface area contributed by atoms with Crippen LogP contribution < -0.4 is 10.1 Å². The lowest BCUT2D eigenvalue weighted by molar-refractivity contribution is 0.102. The minimum atomic E-state index is -3.37. The molecule has 0 radical (unpaired) electrons. The monoisotopic (exact) mass is 463 g/mol. The summed E-state index contributed by atoms with van der Waals surface area (Å²) in [6.45, 7) is 3.25. The summed E-state index contributed by atoms with van der Waals surface area (Å²) < 4.78 is 35.7. The summed E-state index contributed by atoms with van der Waals surface area (Å²) in [5.41, 5.74) is 0.923. The van der Waals surface area contributed by atoms with Crippen LogP contribution in [0.2, 0.25) is 0 Å². The maximum absolute atomic E-state index is 12.5. The number of nitrogens with one attached hydrogen (secondary N) is 1. The number of amides is 1. The van der Waals surface area contributed by atoms with Crippen molar-refractivity contribution in [3.8, 4) is 23.0 Å². The predicted molar refractivity (Wildman–Crippen MR) is 123 cm³/mol. The molecule has 8 nitrogen and oxygen atoms in total. The Hall–Kier alpha value is -3.98. The first kappa shape index (κ1) is 22.2. The summed E-state index contributed by atoms with van der Waals surface area (Å²) in [5, 5.41) is 9.79. The van der Waals surface area contributed by atoms with E-state index in [2.05, 4.69) is 15.5 Å². The Labute approximate surface area is 191 Å². The molecule has 4 aromatic rings. The molecule has 0 unspecified atom stereocenters. The molecule has 0 saturated heterocycles. The molecular weight excluding hydrogens is 442 g/mol. The molecule has 1 heterocycles. The van der Waals surface area contributed by atoms with Crippen LogP contribution in [0.1, 0.15) is 24.2 Å². The van der Waals surface area contributed by atoms with Gasteiger partial charge < -0.3 is 9.15 Å². The molecule has 33 heavy (non-hydrogen) atoms. The van der Waals surface area contributed by atoms with Crippen molar-refractivity contribution in [1.29, 1.82) is 0 Å². The van der Waals surface area contributed by atoms with Crippen molar-refractivity contribution in [2.75, 3.05) is 5.32 Å². The van der Waals surface area contributed by atoms with Crippen LogP contribution in [0.15, 0.2) is 88.2 Å². The van der Waals surface area contributed by atoms with E-state index in [-0.39, 0.29) is 16.8 Å². The molecule has 3 aromatic carbocycles. The van der Waals surface area contributed by atoms with Crippen molar-refractivity contribution in [3.05, 3.63) is 84.4 Å². The van der Waals surface area contributed by atoms with Crippen molar-refractivity contribution < 1.29 is 22.4 Å². The zero-order chi connectivity index (χ0) is 23.4. The van der Waals surface area contributed by atoms with E-state index in [0.717, 1.165) is 0 Å². The molecule has 0 atom stereocenters. The highest BCUT2D eigenvalue weighted by atomic mass is 32.2. The Bertz CT molecular complexity index is 1350. The van der Waals surface area contributed by atoms with Crippen LogP contribution in [0.5, 0.6) is 11.5 Å². The maximum Gasteiger partial charge on any atom is 0.322 e. The largest absolute Gasteiger partial charge is 0.457 e. The Balaban J connectivity index is 1.41. The smallest absolute Gasteiger partial charge is 0.322 e. The van der Waals surface area contributed by atoms with E-state index in [4.69, 9.17) is 9.15 Å². The third-order valence-corrected chi connectivity index (χ3v) is 6.96. The Morgan fingerprint density at radius 2 is 1.52 bits per heavy atom. The van der Waals surface area contributed by atoms with Gasteiger partial charge in [0.05, 0.1) is 10.1 Å². The first-order valence-electron chi connectivity index (χ1n) is 10.1. The molecule has 0 bridgehead atoms. The normalized spacial score (nSPS) is 11.4. The second kappa shape index (κ2) is 9.25. The van der Waals surface area contributed by atoms with Crippen LogP contribution in [0.4, 0.5) is 6.01 Å². The quantitative estimate of drug-likeness (QED) is 0.412. The van der Waals surface area contributed by atoms with Gasteiger partial charge in [-0.1, -0.05) is 23.3 Å². The first-order valence-corrected chi connectivity index (χ1v) is 11.7. The Morgan fingerprint density at radius 3 is 2.15 bits per heavy atom. The molecule has 0 aliphatic rings. The predicted octanol–water partition coefficient (Wildman–Crippen LogP) is 4.96. The lowest BCUT2D eigenvalue weighted by atomic mass is 10.2. The van der Waals surface area contributed by atoms with Gasteiger partial charge in [0, 0.05) is 11.1 Å². The third kappa shape index (κ3) is 5.09. The van der Waals surface area contributed by atoms with Crippen molar-refractivity contribution in [3.63, 3.8) is 0 Å². The summed E-state index contributed by atoms with van der Waals surface area (Å²) in [7, 11) is -3.37. The number of ether oxygens (including phenoxy) is 1. The van der Waals surface area contributed by atoms with Gasteiger partial charge in [0.25, 0.3) is 5.91 Å². The number of sulfone groups is 1. The number of rotatable bonds is 7. The van der Waals surface area contributed by atoms with Crippen LogP contribution in [0.25, 0.3) is 11.5 Å². The highest BCUT2D eigenvalue weighted by molar-refractivity contribution is 7.92. The second-order valence-electron chi connectivity index (χ2n) is 7.42. The number of hydrogen-bond acceptors (Lipinski definition) is 7. The van der Waals surface area contributed by atoms with Crippen molar-refractivity contribution in [2.45, 2.75) is 24.0 Å². The number of anilines is 1. The van der Waals surface area contributed by atoms with Gasteiger partial charge >= 0.3 is 6.01 Å². The molecule has 0 fully saturated rings. The molecule has 168 valence electrons. The molecule has 0 spiro atoms. The van der Waals surface area contributed by atoms with Gasteiger partial charge in [0.2, 0.25) is 5.89 Å². The molecule has 0 aliphatic carbocycles. The minimum Gasteiger partial charge on any atom is -0.457 e. The van der Waals surface area contributed by atoms with Gasteiger partial charge in [0.15, 0.2) is 9.84 Å². The average molecular weight is 464 g/mol. The summed E-state index contributed by atoms with van der Waals surface area (Å²) in [4.78, 5) is 12.7. The fourth-order valence-electron chi connectivity index (χ4n) is 2.92. The standard InChI is InChI=1S/C24H21N3O5S/c1-16(2)33(29,30)21-14-10-18(11-15-21)23-26-27-24(32-23)25-22(28)17-8-12-20(13-9-17)31-19-6-4-3-5-7-19/h3-16H,1-2H3,(H,25,27,28). The molecule has 1 aromatic heterocycles. The summed E-state index contributed by atoms with van der Waals surface area (Å²) >= 11 is 0. The molecular formula is C24H21N3O5S. The van der Waals surface area contributed by atoms with Crippen LogP contribution in [0.3, 0.4) is 0 Å². The number of carbonyl (C=O) groups is 1. The van der Waals surface area contributed by atoms with E-state index in [1.54, 1.807) is 50.2 Å². The maximum atomic E-state index is 12.5. The van der Waals surface area contributed by atoms with E-state index < -0.39 is 21.0 Å². The lowest BCUT2D eigenvalue weighted by Crippen LogP contribution is -2.13. The van der Waals surface area contributed by atoms with Crippen LogP contribution >= 0.6 is 0 Å². The van der Waals surface area contributed by atoms with Crippen molar-refractivity contribution in [2.24, 2.45) is 0 Å². The van der Waals surface area contributed by atoms with Gasteiger partial charge in [-0.3, -0.25) is 10.1 Å². The molecule has 1 amide bonds. The summed E-state index contributed by atoms with van der Waals surface area (Å²) in [5.74, 6) is 1.03. The molecule has 0 saturated carbocycles. The Kier molecular flexibility index (Phi) is 6.23. The fraction of sp³-hybridized carbons (Fsp3) is 0.125. The van der Waals surface area contributed by atoms with Gasteiger partial charge in [-0.15, -0.1) is 5.10 Å². The van der Waals surface area contributed by atoms with Gasteiger partial charge in [-0.2, -0.15) is 0 Å².